The summed E-state index contributed by atoms with van der Waals surface area (Å²) in [6.45, 7) is 0. The van der Waals surface area contributed by atoms with Crippen LogP contribution in [-0.2, 0) is 0 Å². The molecule has 0 spiro atoms. The van der Waals surface area contributed by atoms with Crippen LogP contribution in [-0.4, -0.2) is 15.1 Å². The van der Waals surface area contributed by atoms with Crippen molar-refractivity contribution in [3.05, 3.63) is 42.0 Å². The molecule has 0 saturated carbocycles. The number of aromatic nitrogens is 2. The van der Waals surface area contributed by atoms with Crippen molar-refractivity contribution in [1.82, 2.24) is 9.97 Å². The van der Waals surface area contributed by atoms with E-state index in [9.17, 15) is 5.11 Å². The lowest BCUT2D eigenvalue weighted by molar-refractivity contribution is 0.478. The Morgan fingerprint density at radius 3 is 2.88 bits per heavy atom. The van der Waals surface area contributed by atoms with Crippen molar-refractivity contribution >= 4 is 33.1 Å². The van der Waals surface area contributed by atoms with Crippen molar-refractivity contribution in [2.75, 3.05) is 5.32 Å². The highest BCUT2D eigenvalue weighted by atomic mass is 32.1. The highest BCUT2D eigenvalue weighted by molar-refractivity contribution is 7.16. The molecule has 1 aromatic carbocycles. The van der Waals surface area contributed by atoms with E-state index in [0.717, 1.165) is 10.2 Å². The van der Waals surface area contributed by atoms with Gasteiger partial charge in [-0.2, -0.15) is 0 Å². The SMILES string of the molecule is Oc1ccccc1Nc1ncnc2sccc12. The van der Waals surface area contributed by atoms with E-state index in [1.807, 2.05) is 17.5 Å². The average Bonchev–Trinajstić information content (AvgIpc) is 2.81. The summed E-state index contributed by atoms with van der Waals surface area (Å²) in [6, 6.07) is 9.03. The van der Waals surface area contributed by atoms with Gasteiger partial charge in [0.25, 0.3) is 0 Å². The first-order valence-corrected chi connectivity index (χ1v) is 5.96. The number of nitrogens with one attached hydrogen (secondary N) is 1. The van der Waals surface area contributed by atoms with Crippen LogP contribution in [0.3, 0.4) is 0 Å². The second kappa shape index (κ2) is 4.03. The zero-order chi connectivity index (χ0) is 11.7. The van der Waals surface area contributed by atoms with E-state index in [1.165, 1.54) is 6.33 Å². The average molecular weight is 243 g/mol. The van der Waals surface area contributed by atoms with Crippen molar-refractivity contribution in [1.29, 1.82) is 0 Å². The third-order valence-corrected chi connectivity index (χ3v) is 3.24. The minimum absolute atomic E-state index is 0.203. The largest absolute Gasteiger partial charge is 0.506 e. The van der Waals surface area contributed by atoms with Crippen LogP contribution >= 0.6 is 11.3 Å². The van der Waals surface area contributed by atoms with Gasteiger partial charge in [-0.3, -0.25) is 0 Å². The molecule has 0 aliphatic heterocycles. The van der Waals surface area contributed by atoms with Gasteiger partial charge in [-0.25, -0.2) is 9.97 Å². The third kappa shape index (κ3) is 1.81. The molecule has 0 amide bonds. The molecule has 0 bridgehead atoms. The lowest BCUT2D eigenvalue weighted by atomic mass is 10.3. The van der Waals surface area contributed by atoms with Gasteiger partial charge in [0, 0.05) is 0 Å². The molecule has 0 aliphatic rings. The van der Waals surface area contributed by atoms with E-state index in [0.29, 0.717) is 11.5 Å². The summed E-state index contributed by atoms with van der Waals surface area (Å²) in [5.41, 5.74) is 0.638. The maximum atomic E-state index is 9.69. The molecule has 0 unspecified atom stereocenters. The lowest BCUT2D eigenvalue weighted by Crippen LogP contribution is -1.94. The minimum atomic E-state index is 0.203. The van der Waals surface area contributed by atoms with Gasteiger partial charge in [0.15, 0.2) is 0 Å². The van der Waals surface area contributed by atoms with Gasteiger partial charge in [-0.15, -0.1) is 11.3 Å². The Labute approximate surface area is 102 Å². The predicted molar refractivity (Wildman–Crippen MR) is 68.8 cm³/mol. The number of aromatic hydroxyl groups is 1. The lowest BCUT2D eigenvalue weighted by Gasteiger charge is -2.07. The molecule has 84 valence electrons. The van der Waals surface area contributed by atoms with E-state index >= 15 is 0 Å². The molecule has 3 rings (SSSR count). The van der Waals surface area contributed by atoms with Crippen molar-refractivity contribution in [2.45, 2.75) is 0 Å². The van der Waals surface area contributed by atoms with Gasteiger partial charge < -0.3 is 10.4 Å². The van der Waals surface area contributed by atoms with Crippen LogP contribution in [0, 0.1) is 0 Å². The number of para-hydroxylation sites is 2. The van der Waals surface area contributed by atoms with E-state index in [-0.39, 0.29) is 5.75 Å². The molecule has 0 fully saturated rings. The number of nitrogens with zero attached hydrogens (tertiary/aromatic N) is 2. The van der Waals surface area contributed by atoms with Gasteiger partial charge in [0.1, 0.15) is 22.7 Å². The third-order valence-electron chi connectivity index (χ3n) is 2.42. The van der Waals surface area contributed by atoms with Crippen molar-refractivity contribution in [2.24, 2.45) is 0 Å². The Morgan fingerprint density at radius 2 is 2.00 bits per heavy atom. The number of benzene rings is 1. The summed E-state index contributed by atoms with van der Waals surface area (Å²) < 4.78 is 0. The van der Waals surface area contributed by atoms with Crippen LogP contribution in [0.2, 0.25) is 0 Å². The molecule has 4 nitrogen and oxygen atoms in total. The molecule has 2 heterocycles. The normalized spacial score (nSPS) is 10.6. The molecule has 3 aromatic rings. The quantitative estimate of drug-likeness (QED) is 0.679. The Hall–Kier alpha value is -2.14. The topological polar surface area (TPSA) is 58.0 Å². The highest BCUT2D eigenvalue weighted by Crippen LogP contribution is 2.29. The van der Waals surface area contributed by atoms with Crippen LogP contribution in [0.4, 0.5) is 11.5 Å². The molecular weight excluding hydrogens is 234 g/mol. The number of rotatable bonds is 2. The van der Waals surface area contributed by atoms with Crippen LogP contribution in [0.5, 0.6) is 5.75 Å². The smallest absolute Gasteiger partial charge is 0.142 e. The molecule has 0 saturated heterocycles. The Morgan fingerprint density at radius 1 is 1.12 bits per heavy atom. The maximum absolute atomic E-state index is 9.69. The molecular formula is C12H9N3OS. The van der Waals surface area contributed by atoms with Gasteiger partial charge in [0.05, 0.1) is 11.1 Å². The van der Waals surface area contributed by atoms with Crippen LogP contribution in [0.25, 0.3) is 10.2 Å². The zero-order valence-corrected chi connectivity index (χ0v) is 9.61. The fraction of sp³-hybridized carbons (Fsp3) is 0. The molecule has 0 atom stereocenters. The van der Waals surface area contributed by atoms with E-state index in [1.54, 1.807) is 29.5 Å². The first-order valence-electron chi connectivity index (χ1n) is 5.08. The van der Waals surface area contributed by atoms with E-state index in [2.05, 4.69) is 15.3 Å². The van der Waals surface area contributed by atoms with Crippen molar-refractivity contribution in [3.63, 3.8) is 0 Å². The Kier molecular flexibility index (Phi) is 2.38. The first-order chi connectivity index (χ1) is 8.34. The molecule has 17 heavy (non-hydrogen) atoms. The number of fused-ring (bicyclic) bond motifs is 1. The minimum Gasteiger partial charge on any atom is -0.506 e. The van der Waals surface area contributed by atoms with E-state index < -0.39 is 0 Å². The zero-order valence-electron chi connectivity index (χ0n) is 8.79. The maximum Gasteiger partial charge on any atom is 0.142 e. The summed E-state index contributed by atoms with van der Waals surface area (Å²) in [7, 11) is 0. The fourth-order valence-corrected chi connectivity index (χ4v) is 2.33. The summed E-state index contributed by atoms with van der Waals surface area (Å²) in [5.74, 6) is 0.909. The number of hydrogen-bond donors (Lipinski definition) is 2. The molecule has 5 heteroatoms. The Balaban J connectivity index is 2.06. The van der Waals surface area contributed by atoms with Crippen LogP contribution in [0.15, 0.2) is 42.0 Å². The van der Waals surface area contributed by atoms with Crippen LogP contribution < -0.4 is 5.32 Å². The summed E-state index contributed by atoms with van der Waals surface area (Å²) in [6.07, 6.45) is 1.52. The number of thiophene rings is 1. The number of anilines is 2. The van der Waals surface area contributed by atoms with E-state index in [4.69, 9.17) is 0 Å². The second-order valence-corrected chi connectivity index (χ2v) is 4.40. The van der Waals surface area contributed by atoms with Gasteiger partial charge in [-0.05, 0) is 23.6 Å². The molecule has 2 N–H and O–H groups in total. The molecule has 0 aliphatic carbocycles. The number of phenols is 1. The number of hydrogen-bond acceptors (Lipinski definition) is 5. The number of phenolic OH excluding ortho intramolecular Hbond substituents is 1. The summed E-state index contributed by atoms with van der Waals surface area (Å²) >= 11 is 1.56. The standard InChI is InChI=1S/C12H9N3OS/c16-10-4-2-1-3-9(10)15-11-8-5-6-17-12(8)14-7-13-11/h1-7,16H,(H,13,14,15). The first kappa shape index (κ1) is 10.0. The monoisotopic (exact) mass is 243 g/mol. The Bertz CT molecular complexity index is 665. The molecule has 0 radical (unpaired) electrons. The second-order valence-electron chi connectivity index (χ2n) is 3.50. The van der Waals surface area contributed by atoms with Crippen LogP contribution in [0.1, 0.15) is 0 Å². The van der Waals surface area contributed by atoms with Gasteiger partial charge >= 0.3 is 0 Å². The molecule has 2 aromatic heterocycles. The van der Waals surface area contributed by atoms with Gasteiger partial charge in [-0.1, -0.05) is 12.1 Å². The predicted octanol–water partition coefficient (Wildman–Crippen LogP) is 3.14. The van der Waals surface area contributed by atoms with Crippen molar-refractivity contribution in [3.8, 4) is 5.75 Å². The fourth-order valence-electron chi connectivity index (χ4n) is 1.60. The summed E-state index contributed by atoms with van der Waals surface area (Å²) in [4.78, 5) is 9.29. The summed E-state index contributed by atoms with van der Waals surface area (Å²) in [5, 5.41) is 15.7. The highest BCUT2D eigenvalue weighted by Gasteiger charge is 2.06. The van der Waals surface area contributed by atoms with Crippen molar-refractivity contribution < 1.29 is 5.11 Å². The van der Waals surface area contributed by atoms with Gasteiger partial charge in [0.2, 0.25) is 0 Å².